The van der Waals surface area contributed by atoms with Crippen LogP contribution in [0.4, 0.5) is 0 Å². The highest BCUT2D eigenvalue weighted by Gasteiger charge is 2.19. The van der Waals surface area contributed by atoms with E-state index in [4.69, 9.17) is 9.72 Å². The Labute approximate surface area is 186 Å². The maximum Gasteiger partial charge on any atom is 0.277 e. The molecule has 0 radical (unpaired) electrons. The molecule has 0 atom stereocenters. The number of ether oxygens (including phenoxy) is 1. The highest BCUT2D eigenvalue weighted by Crippen LogP contribution is 2.34. The minimum Gasteiger partial charge on any atom is -0.493 e. The summed E-state index contributed by atoms with van der Waals surface area (Å²) in [5.41, 5.74) is 2.65. The molecule has 0 saturated carbocycles. The van der Waals surface area contributed by atoms with Gasteiger partial charge < -0.3 is 14.6 Å². The number of rotatable bonds is 7. The number of benzene rings is 1. The molecule has 1 aliphatic heterocycles. The SMILES string of the molecule is CCCc1nn(C)c2c(=O)[nH]c(-c3cc(SN4CCN(C)CC4)ccc3OCC)nc12. The molecule has 0 unspecified atom stereocenters. The van der Waals surface area contributed by atoms with Crippen LogP contribution in [0.5, 0.6) is 5.75 Å². The lowest BCUT2D eigenvalue weighted by Gasteiger charge is -2.31. The van der Waals surface area contributed by atoms with E-state index in [0.717, 1.165) is 55.2 Å². The third kappa shape index (κ3) is 4.63. The van der Waals surface area contributed by atoms with Gasteiger partial charge in [0.25, 0.3) is 5.56 Å². The van der Waals surface area contributed by atoms with Crippen molar-refractivity contribution in [2.75, 3.05) is 39.8 Å². The number of likely N-dealkylation sites (N-methyl/N-ethyl adjacent to an activating group) is 1. The van der Waals surface area contributed by atoms with Crippen molar-refractivity contribution in [1.29, 1.82) is 0 Å². The van der Waals surface area contributed by atoms with Crippen molar-refractivity contribution < 1.29 is 4.74 Å². The van der Waals surface area contributed by atoms with Gasteiger partial charge in [0, 0.05) is 38.1 Å². The van der Waals surface area contributed by atoms with Gasteiger partial charge in [-0.05, 0) is 50.5 Å². The highest BCUT2D eigenvalue weighted by molar-refractivity contribution is 7.97. The number of fused-ring (bicyclic) bond motifs is 1. The molecule has 2 aromatic heterocycles. The van der Waals surface area contributed by atoms with E-state index in [2.05, 4.69) is 45.4 Å². The molecule has 1 fully saturated rings. The Morgan fingerprint density at radius 3 is 2.65 bits per heavy atom. The van der Waals surface area contributed by atoms with Crippen molar-refractivity contribution in [3.63, 3.8) is 0 Å². The first-order valence-corrected chi connectivity index (χ1v) is 11.6. The molecule has 1 saturated heterocycles. The number of nitrogens with one attached hydrogen (secondary N) is 1. The number of hydrogen-bond acceptors (Lipinski definition) is 7. The third-order valence-corrected chi connectivity index (χ3v) is 6.54. The Kier molecular flexibility index (Phi) is 6.64. The zero-order chi connectivity index (χ0) is 22.0. The second kappa shape index (κ2) is 9.42. The summed E-state index contributed by atoms with van der Waals surface area (Å²) in [7, 11) is 3.94. The van der Waals surface area contributed by atoms with Crippen molar-refractivity contribution >= 4 is 23.0 Å². The van der Waals surface area contributed by atoms with E-state index in [0.29, 0.717) is 29.2 Å². The summed E-state index contributed by atoms with van der Waals surface area (Å²) >= 11 is 1.74. The van der Waals surface area contributed by atoms with Crippen LogP contribution in [0.1, 0.15) is 26.0 Å². The highest BCUT2D eigenvalue weighted by atomic mass is 32.2. The van der Waals surface area contributed by atoms with Gasteiger partial charge in [0.2, 0.25) is 0 Å². The van der Waals surface area contributed by atoms with Crippen molar-refractivity contribution in [2.45, 2.75) is 31.6 Å². The molecule has 0 aliphatic carbocycles. The number of nitrogens with zero attached hydrogens (tertiary/aromatic N) is 5. The van der Waals surface area contributed by atoms with Crippen LogP contribution in [0.15, 0.2) is 27.9 Å². The summed E-state index contributed by atoms with van der Waals surface area (Å²) in [6.07, 6.45) is 1.72. The summed E-state index contributed by atoms with van der Waals surface area (Å²) in [6, 6.07) is 6.10. The van der Waals surface area contributed by atoms with Crippen molar-refractivity contribution in [3.8, 4) is 17.1 Å². The van der Waals surface area contributed by atoms with Crippen LogP contribution >= 0.6 is 11.9 Å². The maximum absolute atomic E-state index is 12.9. The van der Waals surface area contributed by atoms with Crippen molar-refractivity contribution in [1.82, 2.24) is 29.0 Å². The smallest absolute Gasteiger partial charge is 0.277 e. The fraction of sp³-hybridized carbons (Fsp3) is 0.500. The van der Waals surface area contributed by atoms with Gasteiger partial charge in [-0.3, -0.25) is 9.48 Å². The van der Waals surface area contributed by atoms with E-state index in [1.807, 2.05) is 13.0 Å². The standard InChI is InChI=1S/C22H30N6O2S/c1-5-7-17-19-20(27(4)25-17)22(29)24-21(23-19)16-14-15(8-9-18(16)30-6-2)31-28-12-10-26(3)11-13-28/h8-9,14H,5-7,10-13H2,1-4H3,(H,23,24,29). The van der Waals surface area contributed by atoms with Gasteiger partial charge in [0.1, 0.15) is 17.1 Å². The van der Waals surface area contributed by atoms with Gasteiger partial charge >= 0.3 is 0 Å². The number of hydrogen-bond donors (Lipinski definition) is 1. The number of aromatic amines is 1. The van der Waals surface area contributed by atoms with Gasteiger partial charge in [0.15, 0.2) is 5.52 Å². The molecule has 0 bridgehead atoms. The summed E-state index contributed by atoms with van der Waals surface area (Å²) in [5.74, 6) is 1.24. The zero-order valence-electron chi connectivity index (χ0n) is 18.6. The molecule has 1 aromatic carbocycles. The first-order valence-electron chi connectivity index (χ1n) is 10.8. The molecule has 3 aromatic rings. The molecule has 1 N–H and O–H groups in total. The predicted octanol–water partition coefficient (Wildman–Crippen LogP) is 2.93. The number of H-pyrrole nitrogens is 1. The van der Waals surface area contributed by atoms with Gasteiger partial charge in [0.05, 0.1) is 17.9 Å². The molecular formula is C22H30N6O2S. The molecule has 4 rings (SSSR count). The van der Waals surface area contributed by atoms with Crippen LogP contribution in [0, 0.1) is 0 Å². The van der Waals surface area contributed by atoms with Crippen molar-refractivity contribution in [2.24, 2.45) is 7.05 Å². The van der Waals surface area contributed by atoms with E-state index in [9.17, 15) is 4.79 Å². The molecule has 0 amide bonds. The number of aromatic nitrogens is 4. The monoisotopic (exact) mass is 442 g/mol. The number of piperazine rings is 1. The van der Waals surface area contributed by atoms with Crippen LogP contribution in [0.3, 0.4) is 0 Å². The molecule has 1 aliphatic rings. The Bertz CT molecular complexity index is 1120. The second-order valence-corrected chi connectivity index (χ2v) is 9.02. The van der Waals surface area contributed by atoms with E-state index < -0.39 is 0 Å². The Morgan fingerprint density at radius 1 is 1.16 bits per heavy atom. The second-order valence-electron chi connectivity index (χ2n) is 7.85. The van der Waals surface area contributed by atoms with Crippen molar-refractivity contribution in [3.05, 3.63) is 34.2 Å². The lowest BCUT2D eigenvalue weighted by atomic mass is 10.1. The van der Waals surface area contributed by atoms with Crippen LogP contribution < -0.4 is 10.3 Å². The molecule has 8 nitrogen and oxygen atoms in total. The molecule has 3 heterocycles. The summed E-state index contributed by atoms with van der Waals surface area (Å²) < 4.78 is 9.87. The molecule has 166 valence electrons. The van der Waals surface area contributed by atoms with Crippen LogP contribution in [0.2, 0.25) is 0 Å². The summed E-state index contributed by atoms with van der Waals surface area (Å²) in [4.78, 5) is 24.1. The topological polar surface area (TPSA) is 79.3 Å². The minimum absolute atomic E-state index is 0.183. The van der Waals surface area contributed by atoms with Gasteiger partial charge in [-0.2, -0.15) is 5.10 Å². The Hall–Kier alpha value is -2.36. The van der Waals surface area contributed by atoms with E-state index in [1.54, 1.807) is 23.7 Å². The summed E-state index contributed by atoms with van der Waals surface area (Å²) in [6.45, 7) is 8.74. The summed E-state index contributed by atoms with van der Waals surface area (Å²) in [5, 5.41) is 4.52. The Morgan fingerprint density at radius 2 is 1.94 bits per heavy atom. The molecule has 0 spiro atoms. The van der Waals surface area contributed by atoms with Gasteiger partial charge in [-0.1, -0.05) is 13.3 Å². The first-order chi connectivity index (χ1) is 15.0. The first kappa shape index (κ1) is 21.9. The van der Waals surface area contributed by atoms with Gasteiger partial charge in [-0.25, -0.2) is 9.29 Å². The van der Waals surface area contributed by atoms with Crippen LogP contribution in [-0.4, -0.2) is 68.8 Å². The molecular weight excluding hydrogens is 412 g/mol. The average Bonchev–Trinajstić information content (AvgIpc) is 3.07. The largest absolute Gasteiger partial charge is 0.493 e. The minimum atomic E-state index is -0.183. The normalized spacial score (nSPS) is 15.6. The number of aryl methyl sites for hydroxylation is 2. The zero-order valence-corrected chi connectivity index (χ0v) is 19.5. The quantitative estimate of drug-likeness (QED) is 0.564. The van der Waals surface area contributed by atoms with E-state index >= 15 is 0 Å². The molecule has 9 heteroatoms. The average molecular weight is 443 g/mol. The van der Waals surface area contributed by atoms with E-state index in [-0.39, 0.29) is 5.56 Å². The molecule has 31 heavy (non-hydrogen) atoms. The Balaban J connectivity index is 1.75. The lowest BCUT2D eigenvalue weighted by Crippen LogP contribution is -2.40. The third-order valence-electron chi connectivity index (χ3n) is 5.45. The maximum atomic E-state index is 12.9. The predicted molar refractivity (Wildman–Crippen MR) is 125 cm³/mol. The fourth-order valence-corrected chi connectivity index (χ4v) is 4.78. The lowest BCUT2D eigenvalue weighted by molar-refractivity contribution is 0.233. The van der Waals surface area contributed by atoms with Gasteiger partial charge in [-0.15, -0.1) is 0 Å². The van der Waals surface area contributed by atoms with Crippen LogP contribution in [0.25, 0.3) is 22.4 Å². The fourth-order valence-electron chi connectivity index (χ4n) is 3.84. The van der Waals surface area contributed by atoms with E-state index in [1.165, 1.54) is 0 Å². The van der Waals surface area contributed by atoms with Crippen LogP contribution in [-0.2, 0) is 13.5 Å².